The highest BCUT2D eigenvalue weighted by molar-refractivity contribution is 8.93. The first-order valence-electron chi connectivity index (χ1n) is 14.2. The Hall–Kier alpha value is -3.15. The van der Waals surface area contributed by atoms with Crippen LogP contribution in [0.2, 0.25) is 0 Å². The molecule has 0 aromatic heterocycles. The third kappa shape index (κ3) is 7.43. The molecule has 42 heavy (non-hydrogen) atoms. The number of nitrogens with zero attached hydrogens (tertiary/aromatic N) is 2. The fourth-order valence-electron chi connectivity index (χ4n) is 5.29. The summed E-state index contributed by atoms with van der Waals surface area (Å²) in [5, 5.41) is 14.9. The van der Waals surface area contributed by atoms with E-state index in [0.29, 0.717) is 42.1 Å². The standard InChI is InChI=1S/C31H43N5O5.BrH/c1-7-41-27-16-21-18-36(29(32)22(21)17-23(27)30(38)33-5)19-26(37)20-14-24(31(2,3)4)28(39-6)25(15-20)34-8-9-35-10-12-40-13-11-35;/h14-17,32,34H,7-13,18-19H2,1-6H3,(H,33,38);1H. The van der Waals surface area contributed by atoms with Crippen LogP contribution in [0.25, 0.3) is 0 Å². The van der Waals surface area contributed by atoms with Gasteiger partial charge in [-0.3, -0.25) is 19.9 Å². The first-order valence-corrected chi connectivity index (χ1v) is 14.2. The zero-order valence-electron chi connectivity index (χ0n) is 25.5. The van der Waals surface area contributed by atoms with Crippen LogP contribution in [0.5, 0.6) is 11.5 Å². The molecule has 0 radical (unpaired) electrons. The van der Waals surface area contributed by atoms with Crippen molar-refractivity contribution in [2.45, 2.75) is 39.7 Å². The molecule has 1 fully saturated rings. The summed E-state index contributed by atoms with van der Waals surface area (Å²) < 4.78 is 17.0. The molecular formula is C31H44BrN5O5. The summed E-state index contributed by atoms with van der Waals surface area (Å²) in [7, 11) is 3.22. The first-order chi connectivity index (χ1) is 19.6. The number of ketones is 1. The Morgan fingerprint density at radius 3 is 2.45 bits per heavy atom. The number of nitrogens with one attached hydrogen (secondary N) is 3. The van der Waals surface area contributed by atoms with Gasteiger partial charge in [-0.25, -0.2) is 0 Å². The number of Topliss-reactive ketones (excluding diaryl/α,β-unsaturated/α-hetero) is 1. The normalized spacial score (nSPS) is 15.1. The summed E-state index contributed by atoms with van der Waals surface area (Å²) in [6.45, 7) is 13.9. The van der Waals surface area contributed by atoms with E-state index < -0.39 is 0 Å². The summed E-state index contributed by atoms with van der Waals surface area (Å²) in [6, 6.07) is 7.27. The van der Waals surface area contributed by atoms with E-state index in [1.807, 2.05) is 25.1 Å². The van der Waals surface area contributed by atoms with Gasteiger partial charge in [0.2, 0.25) is 0 Å². The minimum absolute atomic E-state index is 0. The lowest BCUT2D eigenvalue weighted by atomic mass is 9.84. The topological polar surface area (TPSA) is 116 Å². The van der Waals surface area contributed by atoms with Crippen molar-refractivity contribution in [2.75, 3.05) is 72.0 Å². The second-order valence-electron chi connectivity index (χ2n) is 11.4. The van der Waals surface area contributed by atoms with Gasteiger partial charge in [0.05, 0.1) is 44.7 Å². The smallest absolute Gasteiger partial charge is 0.254 e. The van der Waals surface area contributed by atoms with Gasteiger partial charge >= 0.3 is 0 Å². The van der Waals surface area contributed by atoms with Gasteiger partial charge in [-0.2, -0.15) is 0 Å². The van der Waals surface area contributed by atoms with Crippen LogP contribution in [0.1, 0.15) is 65.1 Å². The predicted octanol–water partition coefficient (Wildman–Crippen LogP) is 4.10. The highest BCUT2D eigenvalue weighted by Crippen LogP contribution is 2.39. The minimum Gasteiger partial charge on any atom is -0.494 e. The van der Waals surface area contributed by atoms with Crippen LogP contribution in [0.3, 0.4) is 0 Å². The Morgan fingerprint density at radius 2 is 1.83 bits per heavy atom. The molecule has 0 saturated carbocycles. The van der Waals surface area contributed by atoms with E-state index in [1.54, 1.807) is 25.1 Å². The van der Waals surface area contributed by atoms with Crippen LogP contribution < -0.4 is 20.1 Å². The Kier molecular flexibility index (Phi) is 11.4. The molecule has 0 bridgehead atoms. The number of hydrogen-bond donors (Lipinski definition) is 3. The molecule has 0 spiro atoms. The van der Waals surface area contributed by atoms with Gasteiger partial charge in [-0.05, 0) is 42.2 Å². The van der Waals surface area contributed by atoms with Crippen LogP contribution in [-0.2, 0) is 16.7 Å². The maximum Gasteiger partial charge on any atom is 0.254 e. The number of carbonyl (C=O) groups is 2. The van der Waals surface area contributed by atoms with E-state index in [-0.39, 0.29) is 46.5 Å². The molecule has 2 aliphatic rings. The Labute approximate surface area is 259 Å². The summed E-state index contributed by atoms with van der Waals surface area (Å²) in [5.41, 5.74) is 3.90. The number of fused-ring (bicyclic) bond motifs is 1. The van der Waals surface area contributed by atoms with E-state index in [4.69, 9.17) is 19.6 Å². The van der Waals surface area contributed by atoms with Crippen LogP contribution in [0.4, 0.5) is 5.69 Å². The fraction of sp³-hybridized carbons (Fsp3) is 0.516. The van der Waals surface area contributed by atoms with Crippen molar-refractivity contribution in [3.63, 3.8) is 0 Å². The van der Waals surface area contributed by atoms with Crippen molar-refractivity contribution in [2.24, 2.45) is 0 Å². The van der Waals surface area contributed by atoms with Gasteiger partial charge in [0.25, 0.3) is 5.91 Å². The molecule has 2 aromatic rings. The number of anilines is 1. The Balaban J connectivity index is 0.00000484. The van der Waals surface area contributed by atoms with Crippen LogP contribution in [0.15, 0.2) is 24.3 Å². The summed E-state index contributed by atoms with van der Waals surface area (Å²) in [6.07, 6.45) is 0. The molecule has 230 valence electrons. The monoisotopic (exact) mass is 645 g/mol. The number of amidine groups is 1. The molecule has 0 atom stereocenters. The molecule has 2 aromatic carbocycles. The lowest BCUT2D eigenvalue weighted by Gasteiger charge is -2.28. The number of ether oxygens (including phenoxy) is 3. The molecular weight excluding hydrogens is 602 g/mol. The second kappa shape index (κ2) is 14.3. The quantitative estimate of drug-likeness (QED) is 0.313. The minimum atomic E-state index is -0.278. The average molecular weight is 647 g/mol. The SMILES string of the molecule is Br.CCOc1cc2c(cc1C(=O)NC)C(=N)N(CC(=O)c1cc(NCCN3CCOCC3)c(OC)c(C(C)(C)C)c1)C2. The summed E-state index contributed by atoms with van der Waals surface area (Å²) >= 11 is 0. The van der Waals surface area contributed by atoms with E-state index in [0.717, 1.165) is 55.4 Å². The van der Waals surface area contributed by atoms with Crippen molar-refractivity contribution in [1.29, 1.82) is 5.41 Å². The van der Waals surface area contributed by atoms with Crippen LogP contribution in [-0.4, -0.2) is 94.0 Å². The zero-order chi connectivity index (χ0) is 29.7. The van der Waals surface area contributed by atoms with Gasteiger partial charge in [0.1, 0.15) is 17.3 Å². The lowest BCUT2D eigenvalue weighted by Crippen LogP contribution is -2.39. The number of hydrogen-bond acceptors (Lipinski definition) is 8. The highest BCUT2D eigenvalue weighted by Gasteiger charge is 2.30. The third-order valence-corrected chi connectivity index (χ3v) is 7.51. The number of benzene rings is 2. The van der Waals surface area contributed by atoms with Gasteiger partial charge < -0.3 is 29.7 Å². The molecule has 2 heterocycles. The lowest BCUT2D eigenvalue weighted by molar-refractivity contribution is 0.0398. The van der Waals surface area contributed by atoms with Gasteiger partial charge in [-0.1, -0.05) is 20.8 Å². The number of morpholine rings is 1. The van der Waals surface area contributed by atoms with Crippen molar-refractivity contribution >= 4 is 40.2 Å². The molecule has 11 heteroatoms. The number of rotatable bonds is 11. The molecule has 1 amide bonds. The van der Waals surface area contributed by atoms with E-state index in [1.165, 1.54) is 0 Å². The first kappa shape index (κ1) is 33.4. The Bertz CT molecular complexity index is 1300. The van der Waals surface area contributed by atoms with E-state index >= 15 is 0 Å². The second-order valence-corrected chi connectivity index (χ2v) is 11.4. The molecule has 0 aliphatic carbocycles. The Morgan fingerprint density at radius 1 is 1.12 bits per heavy atom. The highest BCUT2D eigenvalue weighted by atomic mass is 79.9. The summed E-state index contributed by atoms with van der Waals surface area (Å²) in [4.78, 5) is 30.3. The summed E-state index contributed by atoms with van der Waals surface area (Å²) in [5.74, 6) is 1.06. The van der Waals surface area contributed by atoms with Gasteiger partial charge in [0.15, 0.2) is 5.78 Å². The van der Waals surface area contributed by atoms with Crippen LogP contribution >= 0.6 is 17.0 Å². The fourth-order valence-corrected chi connectivity index (χ4v) is 5.29. The number of amides is 1. The predicted molar refractivity (Wildman–Crippen MR) is 170 cm³/mol. The van der Waals surface area contributed by atoms with Crippen LogP contribution in [0, 0.1) is 5.41 Å². The van der Waals surface area contributed by atoms with E-state index in [2.05, 4.69) is 36.3 Å². The molecule has 10 nitrogen and oxygen atoms in total. The van der Waals surface area contributed by atoms with Crippen molar-refractivity contribution in [1.82, 2.24) is 15.1 Å². The molecule has 3 N–H and O–H groups in total. The van der Waals surface area contributed by atoms with Gasteiger partial charge in [-0.15, -0.1) is 17.0 Å². The number of methoxy groups -OCH3 is 1. The molecule has 0 unspecified atom stereocenters. The van der Waals surface area contributed by atoms with Crippen molar-refractivity contribution in [3.8, 4) is 11.5 Å². The molecule has 2 aliphatic heterocycles. The largest absolute Gasteiger partial charge is 0.494 e. The maximum absolute atomic E-state index is 13.7. The average Bonchev–Trinajstić information content (AvgIpc) is 3.25. The molecule has 4 rings (SSSR count). The molecule has 1 saturated heterocycles. The van der Waals surface area contributed by atoms with Crippen molar-refractivity contribution < 1.29 is 23.8 Å². The zero-order valence-corrected chi connectivity index (χ0v) is 27.2. The maximum atomic E-state index is 13.7. The van der Waals surface area contributed by atoms with E-state index in [9.17, 15) is 9.59 Å². The van der Waals surface area contributed by atoms with Gasteiger partial charge in [0, 0.05) is 56.5 Å². The van der Waals surface area contributed by atoms with Crippen molar-refractivity contribution in [3.05, 3.63) is 52.1 Å². The third-order valence-electron chi connectivity index (χ3n) is 7.51. The number of halogens is 1. The number of carbonyl (C=O) groups excluding carboxylic acids is 2.